The van der Waals surface area contributed by atoms with Gasteiger partial charge in [-0.15, -0.1) is 11.8 Å². The first kappa shape index (κ1) is 21.0. The van der Waals surface area contributed by atoms with Gasteiger partial charge in [-0.05, 0) is 26.0 Å². The van der Waals surface area contributed by atoms with E-state index < -0.39 is 0 Å². The highest BCUT2D eigenvalue weighted by Gasteiger charge is 2.21. The largest absolute Gasteiger partial charge is 0.491 e. The standard InChI is InChI=1S/C20H26ClN3O3S/c1-15-17(16(2)27-22-15)13-28-14-20(25)24-9-7-23(8-10-24)11-12-26-19-6-4-3-5-18(19)21/h3-6H,7-14H2,1-2H3. The fraction of sp³-hybridized carbons (Fsp3) is 0.500. The number of halogens is 1. The second kappa shape index (κ2) is 10.2. The number of hydrogen-bond donors (Lipinski definition) is 0. The van der Waals surface area contributed by atoms with Gasteiger partial charge in [0.1, 0.15) is 18.1 Å². The highest BCUT2D eigenvalue weighted by molar-refractivity contribution is 7.99. The molecule has 28 heavy (non-hydrogen) atoms. The predicted octanol–water partition coefficient (Wildman–Crippen LogP) is 3.40. The van der Waals surface area contributed by atoms with E-state index in [2.05, 4.69) is 10.1 Å². The van der Waals surface area contributed by atoms with Crippen molar-refractivity contribution in [2.24, 2.45) is 0 Å². The van der Waals surface area contributed by atoms with E-state index in [9.17, 15) is 4.79 Å². The van der Waals surface area contributed by atoms with E-state index >= 15 is 0 Å². The first-order valence-electron chi connectivity index (χ1n) is 9.41. The Bertz CT molecular complexity index is 771. The van der Waals surface area contributed by atoms with E-state index in [-0.39, 0.29) is 5.91 Å². The Labute approximate surface area is 175 Å². The Hall–Kier alpha value is -1.70. The van der Waals surface area contributed by atoms with Crippen molar-refractivity contribution in [3.8, 4) is 5.75 Å². The Balaban J connectivity index is 1.33. The molecule has 0 radical (unpaired) electrons. The maximum Gasteiger partial charge on any atom is 0.232 e. The maximum absolute atomic E-state index is 12.4. The summed E-state index contributed by atoms with van der Waals surface area (Å²) in [7, 11) is 0. The second-order valence-corrected chi connectivity index (χ2v) is 8.19. The van der Waals surface area contributed by atoms with Crippen LogP contribution < -0.4 is 4.74 Å². The van der Waals surface area contributed by atoms with E-state index in [4.69, 9.17) is 20.9 Å². The highest BCUT2D eigenvalue weighted by atomic mass is 35.5. The third-order valence-corrected chi connectivity index (χ3v) is 6.14. The third-order valence-electron chi connectivity index (χ3n) is 4.88. The second-order valence-electron chi connectivity index (χ2n) is 6.80. The fourth-order valence-corrected chi connectivity index (χ4v) is 4.37. The topological polar surface area (TPSA) is 58.8 Å². The summed E-state index contributed by atoms with van der Waals surface area (Å²) in [6, 6.07) is 7.50. The zero-order chi connectivity index (χ0) is 19.9. The molecular weight excluding hydrogens is 398 g/mol. The van der Waals surface area contributed by atoms with Gasteiger partial charge in [0.05, 0.1) is 16.5 Å². The number of ether oxygens (including phenoxy) is 1. The molecule has 2 aromatic rings. The van der Waals surface area contributed by atoms with Crippen LogP contribution in [-0.4, -0.2) is 65.9 Å². The van der Waals surface area contributed by atoms with Crippen LogP contribution in [0.1, 0.15) is 17.0 Å². The van der Waals surface area contributed by atoms with E-state index in [1.165, 1.54) is 0 Å². The number of aromatic nitrogens is 1. The minimum Gasteiger partial charge on any atom is -0.491 e. The number of aryl methyl sites for hydroxylation is 2. The van der Waals surface area contributed by atoms with Gasteiger partial charge in [0.25, 0.3) is 0 Å². The first-order valence-corrected chi connectivity index (χ1v) is 10.9. The van der Waals surface area contributed by atoms with Crippen LogP contribution in [0, 0.1) is 13.8 Å². The van der Waals surface area contributed by atoms with Crippen molar-refractivity contribution < 1.29 is 14.1 Å². The van der Waals surface area contributed by atoms with Crippen molar-refractivity contribution in [3.05, 3.63) is 46.3 Å². The van der Waals surface area contributed by atoms with Crippen LogP contribution in [0.5, 0.6) is 5.75 Å². The highest BCUT2D eigenvalue weighted by Crippen LogP contribution is 2.23. The van der Waals surface area contributed by atoms with Crippen molar-refractivity contribution in [2.75, 3.05) is 45.1 Å². The third kappa shape index (κ3) is 5.65. The molecule has 8 heteroatoms. The molecule has 6 nitrogen and oxygen atoms in total. The zero-order valence-corrected chi connectivity index (χ0v) is 17.9. The van der Waals surface area contributed by atoms with Gasteiger partial charge in [-0.3, -0.25) is 9.69 Å². The summed E-state index contributed by atoms with van der Waals surface area (Å²) < 4.78 is 10.9. The molecule has 0 unspecified atom stereocenters. The molecule has 1 fully saturated rings. The molecule has 3 rings (SSSR count). The summed E-state index contributed by atoms with van der Waals surface area (Å²) in [6.45, 7) is 8.51. The number of para-hydroxylation sites is 1. The van der Waals surface area contributed by atoms with Crippen molar-refractivity contribution >= 4 is 29.3 Å². The van der Waals surface area contributed by atoms with Gasteiger partial charge >= 0.3 is 0 Å². The molecular formula is C20H26ClN3O3S. The van der Waals surface area contributed by atoms with E-state index in [0.29, 0.717) is 23.1 Å². The van der Waals surface area contributed by atoms with Crippen LogP contribution in [-0.2, 0) is 10.5 Å². The minimum absolute atomic E-state index is 0.198. The number of rotatable bonds is 8. The van der Waals surface area contributed by atoms with E-state index in [1.54, 1.807) is 11.8 Å². The summed E-state index contributed by atoms with van der Waals surface area (Å²) in [4.78, 5) is 16.7. The molecule has 0 bridgehead atoms. The molecule has 1 amide bonds. The monoisotopic (exact) mass is 423 g/mol. The summed E-state index contributed by atoms with van der Waals surface area (Å²) in [5.41, 5.74) is 2.01. The van der Waals surface area contributed by atoms with Crippen molar-refractivity contribution in [1.82, 2.24) is 15.0 Å². The number of hydrogen-bond acceptors (Lipinski definition) is 6. The molecule has 1 saturated heterocycles. The van der Waals surface area contributed by atoms with Gasteiger partial charge in [0, 0.05) is 44.0 Å². The molecule has 0 N–H and O–H groups in total. The fourth-order valence-electron chi connectivity index (χ4n) is 3.11. The molecule has 1 aromatic heterocycles. The van der Waals surface area contributed by atoms with Gasteiger partial charge in [-0.2, -0.15) is 0 Å². The average molecular weight is 424 g/mol. The van der Waals surface area contributed by atoms with Crippen LogP contribution >= 0.6 is 23.4 Å². The molecule has 1 aliphatic heterocycles. The van der Waals surface area contributed by atoms with Gasteiger partial charge in [0.2, 0.25) is 5.91 Å². The quantitative estimate of drug-likeness (QED) is 0.648. The normalized spacial score (nSPS) is 15.0. The van der Waals surface area contributed by atoms with Crippen molar-refractivity contribution in [2.45, 2.75) is 19.6 Å². The number of carbonyl (C=O) groups is 1. The van der Waals surface area contributed by atoms with Gasteiger partial charge in [-0.1, -0.05) is 28.9 Å². The Morgan fingerprint density at radius 1 is 1.25 bits per heavy atom. The predicted molar refractivity (Wildman–Crippen MR) is 112 cm³/mol. The first-order chi connectivity index (χ1) is 13.5. The van der Waals surface area contributed by atoms with Gasteiger partial charge in [-0.25, -0.2) is 0 Å². The van der Waals surface area contributed by atoms with E-state index in [0.717, 1.165) is 55.5 Å². The molecule has 0 saturated carbocycles. The van der Waals surface area contributed by atoms with Crippen LogP contribution in [0.3, 0.4) is 0 Å². The number of thioether (sulfide) groups is 1. The average Bonchev–Trinajstić information content (AvgIpc) is 3.02. The maximum atomic E-state index is 12.4. The summed E-state index contributed by atoms with van der Waals surface area (Å²) >= 11 is 7.72. The van der Waals surface area contributed by atoms with Crippen LogP contribution in [0.15, 0.2) is 28.8 Å². The summed E-state index contributed by atoms with van der Waals surface area (Å²) in [6.07, 6.45) is 0. The lowest BCUT2D eigenvalue weighted by atomic mass is 10.2. The van der Waals surface area contributed by atoms with Crippen LogP contribution in [0.4, 0.5) is 0 Å². The number of piperazine rings is 1. The molecule has 0 aliphatic carbocycles. The van der Waals surface area contributed by atoms with Crippen molar-refractivity contribution in [3.63, 3.8) is 0 Å². The molecule has 0 spiro atoms. The number of amides is 1. The molecule has 1 aromatic carbocycles. The smallest absolute Gasteiger partial charge is 0.232 e. The van der Waals surface area contributed by atoms with Gasteiger partial charge < -0.3 is 14.2 Å². The Kier molecular flexibility index (Phi) is 7.65. The zero-order valence-electron chi connectivity index (χ0n) is 16.3. The number of nitrogens with zero attached hydrogens (tertiary/aromatic N) is 3. The number of benzene rings is 1. The Morgan fingerprint density at radius 3 is 2.68 bits per heavy atom. The Morgan fingerprint density at radius 2 is 2.00 bits per heavy atom. The van der Waals surface area contributed by atoms with Crippen molar-refractivity contribution in [1.29, 1.82) is 0 Å². The van der Waals surface area contributed by atoms with Crippen LogP contribution in [0.2, 0.25) is 5.02 Å². The SMILES string of the molecule is Cc1noc(C)c1CSCC(=O)N1CCN(CCOc2ccccc2Cl)CC1. The van der Waals surface area contributed by atoms with E-state index in [1.807, 2.05) is 43.0 Å². The lowest BCUT2D eigenvalue weighted by molar-refractivity contribution is -0.130. The van der Waals surface area contributed by atoms with Gasteiger partial charge in [0.15, 0.2) is 0 Å². The number of carbonyl (C=O) groups excluding carboxylic acids is 1. The van der Waals surface area contributed by atoms with Crippen LogP contribution in [0.25, 0.3) is 0 Å². The minimum atomic E-state index is 0.198. The lowest BCUT2D eigenvalue weighted by Crippen LogP contribution is -2.50. The summed E-state index contributed by atoms with van der Waals surface area (Å²) in [5, 5.41) is 4.59. The molecule has 2 heterocycles. The molecule has 152 valence electrons. The lowest BCUT2D eigenvalue weighted by Gasteiger charge is -2.34. The molecule has 1 aliphatic rings. The summed E-state index contributed by atoms with van der Waals surface area (Å²) in [5.74, 6) is 2.99. The molecule has 0 atom stereocenters.